The van der Waals surface area contributed by atoms with Crippen molar-refractivity contribution in [3.05, 3.63) is 11.0 Å². The summed E-state index contributed by atoms with van der Waals surface area (Å²) >= 11 is 1.53. The van der Waals surface area contributed by atoms with Gasteiger partial charge in [0.1, 0.15) is 0 Å². The molecule has 0 aliphatic rings. The van der Waals surface area contributed by atoms with Crippen LogP contribution >= 0.6 is 11.8 Å². The predicted octanol–water partition coefficient (Wildman–Crippen LogP) is 2.36. The lowest BCUT2D eigenvalue weighted by Crippen LogP contribution is -2.06. The van der Waals surface area contributed by atoms with Crippen LogP contribution in [-0.4, -0.2) is 16.8 Å². The molecule has 0 unspecified atom stereocenters. The molecule has 0 radical (unpaired) electrons. The molecule has 0 amide bonds. The second-order valence-corrected chi connectivity index (χ2v) is 3.63. The molecule has 0 rings (SSSR count). The topological polar surface area (TPSA) is 37.3 Å². The lowest BCUT2D eigenvalue weighted by Gasteiger charge is -2.04. The van der Waals surface area contributed by atoms with Gasteiger partial charge in [0.25, 0.3) is 0 Å². The average Bonchev–Trinajstić information content (AvgIpc) is 1.87. The van der Waals surface area contributed by atoms with E-state index in [1.165, 1.54) is 11.8 Å². The van der Waals surface area contributed by atoms with Crippen LogP contribution < -0.4 is 0 Å². The minimum Gasteiger partial charge on any atom is -0.478 e. The molecular formula is C8H14O2S. The number of thioether (sulfide) groups is 1. The normalized spacial score (nSPS) is 12.2. The molecule has 11 heavy (non-hydrogen) atoms. The Morgan fingerprint density at radius 3 is 2.45 bits per heavy atom. The third kappa shape index (κ3) is 4.09. The Balaban J connectivity index is 4.21. The summed E-state index contributed by atoms with van der Waals surface area (Å²) in [6, 6.07) is 0. The average molecular weight is 174 g/mol. The van der Waals surface area contributed by atoms with Crippen molar-refractivity contribution in [3.63, 3.8) is 0 Å². The number of aliphatic carboxylic acids is 1. The number of hydrogen-bond acceptors (Lipinski definition) is 2. The van der Waals surface area contributed by atoms with E-state index in [1.54, 1.807) is 5.41 Å². The van der Waals surface area contributed by atoms with Gasteiger partial charge in [-0.15, -0.1) is 11.8 Å². The van der Waals surface area contributed by atoms with Gasteiger partial charge in [-0.05, 0) is 17.1 Å². The molecule has 0 bridgehead atoms. The molecule has 2 nitrogen and oxygen atoms in total. The maximum Gasteiger partial charge on any atom is 0.332 e. The molecule has 0 spiro atoms. The van der Waals surface area contributed by atoms with Gasteiger partial charge in [-0.2, -0.15) is 0 Å². The van der Waals surface area contributed by atoms with Crippen molar-refractivity contribution < 1.29 is 9.90 Å². The van der Waals surface area contributed by atoms with Crippen LogP contribution in [0.4, 0.5) is 0 Å². The van der Waals surface area contributed by atoms with E-state index in [1.807, 2.05) is 20.8 Å². The maximum absolute atomic E-state index is 10.6. The predicted molar refractivity (Wildman–Crippen MR) is 48.7 cm³/mol. The zero-order valence-corrected chi connectivity index (χ0v) is 7.94. The van der Waals surface area contributed by atoms with Crippen LogP contribution in [0.5, 0.6) is 0 Å². The van der Waals surface area contributed by atoms with Crippen molar-refractivity contribution >= 4 is 17.7 Å². The monoisotopic (exact) mass is 174 g/mol. The Morgan fingerprint density at radius 2 is 2.18 bits per heavy atom. The highest BCUT2D eigenvalue weighted by atomic mass is 32.2. The molecule has 0 fully saturated rings. The summed E-state index contributed by atoms with van der Waals surface area (Å²) in [6.45, 7) is 5.77. The molecule has 3 heteroatoms. The molecule has 0 aromatic heterocycles. The van der Waals surface area contributed by atoms with Gasteiger partial charge in [-0.1, -0.05) is 20.8 Å². The third-order valence-corrected chi connectivity index (χ3v) is 2.00. The summed E-state index contributed by atoms with van der Waals surface area (Å²) in [5, 5.41) is 10.4. The molecule has 0 aromatic rings. The highest BCUT2D eigenvalue weighted by Crippen LogP contribution is 2.14. The first-order chi connectivity index (χ1) is 5.09. The zero-order chi connectivity index (χ0) is 8.85. The lowest BCUT2D eigenvalue weighted by atomic mass is 10.1. The minimum absolute atomic E-state index is 0.103. The van der Waals surface area contributed by atoms with Gasteiger partial charge in [-0.25, -0.2) is 4.79 Å². The quantitative estimate of drug-likeness (QED) is 0.665. The van der Waals surface area contributed by atoms with Gasteiger partial charge in [-0.3, -0.25) is 0 Å². The molecule has 0 saturated carbocycles. The largest absolute Gasteiger partial charge is 0.478 e. The van der Waals surface area contributed by atoms with E-state index < -0.39 is 5.97 Å². The van der Waals surface area contributed by atoms with Crippen LogP contribution in [0, 0.1) is 5.92 Å². The van der Waals surface area contributed by atoms with E-state index in [4.69, 9.17) is 5.11 Å². The number of carboxylic acids is 1. The van der Waals surface area contributed by atoms with Crippen LogP contribution in [0.2, 0.25) is 0 Å². The Kier molecular flexibility index (Phi) is 5.03. The van der Waals surface area contributed by atoms with Crippen molar-refractivity contribution in [3.8, 4) is 0 Å². The van der Waals surface area contributed by atoms with Crippen molar-refractivity contribution in [1.82, 2.24) is 0 Å². The van der Waals surface area contributed by atoms with Crippen LogP contribution in [0.1, 0.15) is 20.8 Å². The third-order valence-electron chi connectivity index (χ3n) is 1.25. The molecule has 1 N–H and O–H groups in total. The Hall–Kier alpha value is -0.440. The van der Waals surface area contributed by atoms with E-state index in [9.17, 15) is 4.79 Å². The van der Waals surface area contributed by atoms with Gasteiger partial charge >= 0.3 is 5.97 Å². The van der Waals surface area contributed by atoms with Crippen LogP contribution in [0.3, 0.4) is 0 Å². The van der Waals surface area contributed by atoms with Gasteiger partial charge in [0.15, 0.2) is 0 Å². The second kappa shape index (κ2) is 5.24. The van der Waals surface area contributed by atoms with Gasteiger partial charge in [0, 0.05) is 5.57 Å². The molecule has 0 atom stereocenters. The standard InChI is InChI=1S/C8H14O2S/c1-4-11-5-7(6(2)3)8(9)10/h5-6H,4H2,1-3H3,(H,9,10)/b7-5+. The summed E-state index contributed by atoms with van der Waals surface area (Å²) in [4.78, 5) is 10.6. The highest BCUT2D eigenvalue weighted by Gasteiger charge is 2.10. The first-order valence-corrected chi connectivity index (χ1v) is 4.69. The summed E-state index contributed by atoms with van der Waals surface area (Å²) in [5.41, 5.74) is 0.497. The first kappa shape index (κ1) is 10.6. The first-order valence-electron chi connectivity index (χ1n) is 3.64. The summed E-state index contributed by atoms with van der Waals surface area (Å²) in [6.07, 6.45) is 0. The fraction of sp³-hybridized carbons (Fsp3) is 0.625. The van der Waals surface area contributed by atoms with Crippen LogP contribution in [-0.2, 0) is 4.79 Å². The van der Waals surface area contributed by atoms with E-state index >= 15 is 0 Å². The summed E-state index contributed by atoms with van der Waals surface area (Å²) < 4.78 is 0. The van der Waals surface area contributed by atoms with E-state index in [0.717, 1.165) is 5.75 Å². The maximum atomic E-state index is 10.6. The van der Waals surface area contributed by atoms with Crippen LogP contribution in [0.15, 0.2) is 11.0 Å². The fourth-order valence-electron chi connectivity index (χ4n) is 0.607. The molecule has 64 valence electrons. The number of carboxylic acid groups (broad SMARTS) is 1. The van der Waals surface area contributed by atoms with E-state index in [-0.39, 0.29) is 5.92 Å². The van der Waals surface area contributed by atoms with Crippen molar-refractivity contribution in [2.24, 2.45) is 5.92 Å². The Bertz CT molecular complexity index is 161. The fourth-order valence-corrected chi connectivity index (χ4v) is 1.33. The van der Waals surface area contributed by atoms with Crippen molar-refractivity contribution in [1.29, 1.82) is 0 Å². The van der Waals surface area contributed by atoms with Gasteiger partial charge in [0.05, 0.1) is 0 Å². The summed E-state index contributed by atoms with van der Waals surface area (Å²) in [5.74, 6) is 0.219. The zero-order valence-electron chi connectivity index (χ0n) is 7.13. The second-order valence-electron chi connectivity index (χ2n) is 2.49. The number of rotatable bonds is 4. The lowest BCUT2D eigenvalue weighted by molar-refractivity contribution is -0.133. The molecule has 0 saturated heterocycles. The van der Waals surface area contributed by atoms with E-state index in [2.05, 4.69) is 0 Å². The molecule has 0 aliphatic heterocycles. The smallest absolute Gasteiger partial charge is 0.332 e. The molecule has 0 aromatic carbocycles. The van der Waals surface area contributed by atoms with Crippen molar-refractivity contribution in [2.75, 3.05) is 5.75 Å². The summed E-state index contributed by atoms with van der Waals surface area (Å²) in [7, 11) is 0. The SMILES string of the molecule is CCS/C=C(/C(=O)O)C(C)C. The number of carbonyl (C=O) groups is 1. The van der Waals surface area contributed by atoms with Gasteiger partial charge in [0.2, 0.25) is 0 Å². The Labute approximate surface area is 71.7 Å². The molecule has 0 heterocycles. The minimum atomic E-state index is -0.805. The molecular weight excluding hydrogens is 160 g/mol. The Morgan fingerprint density at radius 1 is 1.64 bits per heavy atom. The van der Waals surface area contributed by atoms with Gasteiger partial charge < -0.3 is 5.11 Å². The molecule has 0 aliphatic carbocycles. The van der Waals surface area contributed by atoms with E-state index in [0.29, 0.717) is 5.57 Å². The number of hydrogen-bond donors (Lipinski definition) is 1. The highest BCUT2D eigenvalue weighted by molar-refractivity contribution is 8.02. The van der Waals surface area contributed by atoms with Crippen LogP contribution in [0.25, 0.3) is 0 Å². The van der Waals surface area contributed by atoms with Crippen molar-refractivity contribution in [2.45, 2.75) is 20.8 Å².